The number of aromatic nitrogens is 2. The Kier molecular flexibility index (Phi) is 5.05. The van der Waals surface area contributed by atoms with E-state index in [1.807, 2.05) is 16.4 Å². The average Bonchev–Trinajstić information content (AvgIpc) is 3.04. The fourth-order valence-electron chi connectivity index (χ4n) is 2.28. The molecule has 0 aliphatic carbocycles. The molecule has 1 aliphatic rings. The maximum atomic E-state index is 12.0. The van der Waals surface area contributed by atoms with Crippen LogP contribution >= 0.6 is 11.8 Å². The number of carboxylic acids is 1. The predicted molar refractivity (Wildman–Crippen MR) is 75.8 cm³/mol. The molecule has 0 atom stereocenters. The summed E-state index contributed by atoms with van der Waals surface area (Å²) < 4.78 is 1.92. The Morgan fingerprint density at radius 3 is 2.75 bits per heavy atom. The fourth-order valence-corrected chi connectivity index (χ4v) is 3.06. The molecule has 110 valence electrons. The zero-order valence-electron chi connectivity index (χ0n) is 11.5. The van der Waals surface area contributed by atoms with Gasteiger partial charge in [-0.15, -0.1) is 0 Å². The van der Waals surface area contributed by atoms with Gasteiger partial charge in [-0.05, 0) is 19.8 Å². The minimum atomic E-state index is -0.865. The van der Waals surface area contributed by atoms with Crippen LogP contribution in [0.5, 0.6) is 0 Å². The van der Waals surface area contributed by atoms with Crippen LogP contribution in [0, 0.1) is 6.92 Å². The molecule has 1 fully saturated rings. The zero-order valence-corrected chi connectivity index (χ0v) is 12.4. The number of nitrogens with zero attached hydrogens (tertiary/aromatic N) is 3. The molecule has 2 rings (SSSR count). The molecule has 0 bridgehead atoms. The lowest BCUT2D eigenvalue weighted by Gasteiger charge is -2.16. The molecule has 1 N–H and O–H groups in total. The van der Waals surface area contributed by atoms with Crippen molar-refractivity contribution in [2.24, 2.45) is 0 Å². The van der Waals surface area contributed by atoms with E-state index in [4.69, 9.17) is 5.11 Å². The number of carbonyl (C=O) groups is 2. The van der Waals surface area contributed by atoms with Crippen molar-refractivity contribution in [2.75, 3.05) is 18.8 Å². The van der Waals surface area contributed by atoms with Crippen LogP contribution in [-0.4, -0.2) is 50.3 Å². The van der Waals surface area contributed by atoms with Gasteiger partial charge in [-0.3, -0.25) is 9.59 Å². The normalized spacial score (nSPS) is 14.8. The van der Waals surface area contributed by atoms with Crippen LogP contribution < -0.4 is 0 Å². The average molecular weight is 297 g/mol. The fraction of sp³-hybridized carbons (Fsp3) is 0.615. The maximum Gasteiger partial charge on any atom is 0.313 e. The van der Waals surface area contributed by atoms with Crippen molar-refractivity contribution in [3.8, 4) is 0 Å². The molecule has 2 heterocycles. The highest BCUT2D eigenvalue weighted by molar-refractivity contribution is 7.99. The Morgan fingerprint density at radius 2 is 2.10 bits per heavy atom. The Morgan fingerprint density at radius 1 is 1.40 bits per heavy atom. The molecule has 0 aromatic carbocycles. The number of hydrogen-bond acceptors (Lipinski definition) is 4. The number of likely N-dealkylation sites (tertiary alicyclic amines) is 1. The van der Waals surface area contributed by atoms with Crippen molar-refractivity contribution in [1.82, 2.24) is 14.5 Å². The minimum Gasteiger partial charge on any atom is -0.481 e. The third kappa shape index (κ3) is 3.75. The quantitative estimate of drug-likeness (QED) is 0.803. The smallest absolute Gasteiger partial charge is 0.313 e. The second-order valence-corrected chi connectivity index (χ2v) is 5.80. The summed E-state index contributed by atoms with van der Waals surface area (Å²) in [4.78, 5) is 28.7. The van der Waals surface area contributed by atoms with Gasteiger partial charge in [0.05, 0.1) is 5.75 Å². The summed E-state index contributed by atoms with van der Waals surface area (Å²) in [6.07, 6.45) is 4.34. The monoisotopic (exact) mass is 297 g/mol. The van der Waals surface area contributed by atoms with Gasteiger partial charge in [-0.25, -0.2) is 4.98 Å². The highest BCUT2D eigenvalue weighted by Gasteiger charge is 2.18. The molecule has 1 aliphatic heterocycles. The van der Waals surface area contributed by atoms with E-state index in [1.165, 1.54) is 11.8 Å². The summed E-state index contributed by atoms with van der Waals surface area (Å²) >= 11 is 1.19. The van der Waals surface area contributed by atoms with Gasteiger partial charge in [0.2, 0.25) is 5.91 Å². The number of carbonyl (C=O) groups excluding carboxylic acids is 1. The molecule has 6 nitrogen and oxygen atoms in total. The summed E-state index contributed by atoms with van der Waals surface area (Å²) in [6.45, 7) is 4.20. The van der Waals surface area contributed by atoms with Crippen molar-refractivity contribution in [1.29, 1.82) is 0 Å². The number of imidazole rings is 1. The Hall–Kier alpha value is -1.50. The van der Waals surface area contributed by atoms with E-state index in [0.717, 1.165) is 31.6 Å². The van der Waals surface area contributed by atoms with E-state index in [0.29, 0.717) is 18.1 Å². The second-order valence-electron chi connectivity index (χ2n) is 4.85. The molecular weight excluding hydrogens is 278 g/mol. The van der Waals surface area contributed by atoms with Crippen LogP contribution in [0.3, 0.4) is 0 Å². The molecular formula is C13H19N3O3S. The standard InChI is InChI=1S/C13H19N3O3S/c1-10-8-14-13(20-9-12(18)19)16(10)7-4-11(17)15-5-2-3-6-15/h8H,2-7,9H2,1H3,(H,18,19). The number of rotatable bonds is 6. The maximum absolute atomic E-state index is 12.0. The van der Waals surface area contributed by atoms with Crippen molar-refractivity contribution in [3.05, 3.63) is 11.9 Å². The predicted octanol–water partition coefficient (Wildman–Crippen LogP) is 1.38. The van der Waals surface area contributed by atoms with E-state index >= 15 is 0 Å². The van der Waals surface area contributed by atoms with E-state index < -0.39 is 5.97 Å². The topological polar surface area (TPSA) is 75.4 Å². The first-order valence-corrected chi connectivity index (χ1v) is 7.71. The van der Waals surface area contributed by atoms with Gasteiger partial charge in [0, 0.05) is 37.9 Å². The van der Waals surface area contributed by atoms with E-state index in [-0.39, 0.29) is 11.7 Å². The first-order chi connectivity index (χ1) is 9.58. The van der Waals surface area contributed by atoms with E-state index in [1.54, 1.807) is 6.20 Å². The van der Waals surface area contributed by atoms with Gasteiger partial charge < -0.3 is 14.6 Å². The molecule has 1 saturated heterocycles. The van der Waals surface area contributed by atoms with Gasteiger partial charge in [-0.2, -0.15) is 0 Å². The Balaban J connectivity index is 1.92. The van der Waals surface area contributed by atoms with Crippen LogP contribution in [0.15, 0.2) is 11.4 Å². The minimum absolute atomic E-state index is 0.0173. The number of aliphatic carboxylic acids is 1. The van der Waals surface area contributed by atoms with Gasteiger partial charge in [-0.1, -0.05) is 11.8 Å². The number of carboxylic acid groups (broad SMARTS) is 1. The molecule has 0 spiro atoms. The van der Waals surface area contributed by atoms with Gasteiger partial charge in [0.1, 0.15) is 0 Å². The zero-order chi connectivity index (χ0) is 14.5. The number of aryl methyl sites for hydroxylation is 1. The molecule has 7 heteroatoms. The Bertz CT molecular complexity index is 495. The second kappa shape index (κ2) is 6.78. The molecule has 0 radical (unpaired) electrons. The summed E-state index contributed by atoms with van der Waals surface area (Å²) in [6, 6.07) is 0. The molecule has 0 unspecified atom stereocenters. The third-order valence-corrected chi connectivity index (χ3v) is 4.33. The number of thioether (sulfide) groups is 1. The summed E-state index contributed by atoms with van der Waals surface area (Å²) in [5.74, 6) is -0.712. The Labute approximate surface area is 122 Å². The molecule has 1 aromatic rings. The van der Waals surface area contributed by atoms with Crippen LogP contribution in [0.25, 0.3) is 0 Å². The van der Waals surface area contributed by atoms with E-state index in [9.17, 15) is 9.59 Å². The largest absolute Gasteiger partial charge is 0.481 e. The van der Waals surface area contributed by atoms with Crippen LogP contribution in [0.4, 0.5) is 0 Å². The summed E-state index contributed by atoms with van der Waals surface area (Å²) in [5, 5.41) is 9.38. The highest BCUT2D eigenvalue weighted by atomic mass is 32.2. The first-order valence-electron chi connectivity index (χ1n) is 6.72. The summed E-state index contributed by atoms with van der Waals surface area (Å²) in [5.41, 5.74) is 0.951. The van der Waals surface area contributed by atoms with Crippen LogP contribution in [0.1, 0.15) is 25.0 Å². The van der Waals surface area contributed by atoms with Crippen molar-refractivity contribution in [3.63, 3.8) is 0 Å². The van der Waals surface area contributed by atoms with E-state index in [2.05, 4.69) is 4.98 Å². The van der Waals surface area contributed by atoms with Crippen molar-refractivity contribution < 1.29 is 14.7 Å². The lowest BCUT2D eigenvalue weighted by molar-refractivity contribution is -0.134. The first kappa shape index (κ1) is 14.9. The molecule has 1 amide bonds. The van der Waals surface area contributed by atoms with Crippen molar-refractivity contribution >= 4 is 23.6 Å². The van der Waals surface area contributed by atoms with Gasteiger partial charge in [0.15, 0.2) is 5.16 Å². The van der Waals surface area contributed by atoms with Gasteiger partial charge >= 0.3 is 5.97 Å². The highest BCUT2D eigenvalue weighted by Crippen LogP contribution is 2.19. The third-order valence-electron chi connectivity index (χ3n) is 3.35. The number of hydrogen-bond donors (Lipinski definition) is 1. The molecule has 1 aromatic heterocycles. The summed E-state index contributed by atoms with van der Waals surface area (Å²) in [7, 11) is 0. The van der Waals surface area contributed by atoms with Gasteiger partial charge in [0.25, 0.3) is 0 Å². The number of amides is 1. The lowest BCUT2D eigenvalue weighted by atomic mass is 10.3. The molecule has 0 saturated carbocycles. The van der Waals surface area contributed by atoms with Crippen LogP contribution in [0.2, 0.25) is 0 Å². The lowest BCUT2D eigenvalue weighted by Crippen LogP contribution is -2.28. The molecule has 20 heavy (non-hydrogen) atoms. The van der Waals surface area contributed by atoms with Crippen LogP contribution in [-0.2, 0) is 16.1 Å². The SMILES string of the molecule is Cc1cnc(SCC(=O)O)n1CCC(=O)N1CCCC1. The van der Waals surface area contributed by atoms with Crippen molar-refractivity contribution in [2.45, 2.75) is 37.9 Å².